The van der Waals surface area contributed by atoms with Crippen molar-refractivity contribution in [1.82, 2.24) is 0 Å². The number of rotatable bonds is 6. The number of ether oxygens (including phenoxy) is 2. The van der Waals surface area contributed by atoms with E-state index >= 15 is 0 Å². The molecule has 4 heteroatoms. The van der Waals surface area contributed by atoms with Crippen LogP contribution in [0.1, 0.15) is 85.5 Å². The van der Waals surface area contributed by atoms with E-state index in [0.717, 1.165) is 19.3 Å². The van der Waals surface area contributed by atoms with Gasteiger partial charge in [0, 0.05) is 13.8 Å². The van der Waals surface area contributed by atoms with Crippen LogP contribution < -0.4 is 0 Å². The van der Waals surface area contributed by atoms with E-state index in [1.807, 2.05) is 6.92 Å². The first-order chi connectivity index (χ1) is 9.89. The summed E-state index contributed by atoms with van der Waals surface area (Å²) in [6.07, 6.45) is 10.4. The van der Waals surface area contributed by atoms with Crippen molar-refractivity contribution in [2.45, 2.75) is 91.1 Å². The van der Waals surface area contributed by atoms with Crippen molar-refractivity contribution in [1.29, 1.82) is 0 Å². The Morgan fingerprint density at radius 2 is 1.57 bits per heavy atom. The van der Waals surface area contributed by atoms with Crippen LogP contribution in [-0.4, -0.2) is 24.1 Å². The summed E-state index contributed by atoms with van der Waals surface area (Å²) in [6, 6.07) is 0. The molecule has 0 aromatic rings. The second kappa shape index (κ2) is 11.6. The summed E-state index contributed by atoms with van der Waals surface area (Å²) in [5.41, 5.74) is -0.149. The molecule has 21 heavy (non-hydrogen) atoms. The fourth-order valence-corrected chi connectivity index (χ4v) is 2.49. The lowest BCUT2D eigenvalue weighted by molar-refractivity contribution is -0.158. The Hall–Kier alpha value is -1.06. The molecule has 0 aliphatic heterocycles. The first-order valence-electron chi connectivity index (χ1n) is 8.22. The SMILES string of the molecule is CC(=O)OC1(C)CCCCC1.CCCCCCOC(C)=O. The van der Waals surface area contributed by atoms with Crippen LogP contribution in [0.5, 0.6) is 0 Å². The van der Waals surface area contributed by atoms with Gasteiger partial charge in [0.05, 0.1) is 6.61 Å². The largest absolute Gasteiger partial charge is 0.466 e. The summed E-state index contributed by atoms with van der Waals surface area (Å²) < 4.78 is 9.99. The van der Waals surface area contributed by atoms with Crippen LogP contribution >= 0.6 is 0 Å². The first kappa shape index (κ1) is 19.9. The van der Waals surface area contributed by atoms with Crippen LogP contribution in [0.2, 0.25) is 0 Å². The number of hydrogen-bond acceptors (Lipinski definition) is 4. The normalized spacial score (nSPS) is 16.4. The molecule has 0 aromatic heterocycles. The minimum Gasteiger partial charge on any atom is -0.466 e. The van der Waals surface area contributed by atoms with Crippen LogP contribution in [0.3, 0.4) is 0 Å². The molecule has 1 fully saturated rings. The average molecular weight is 300 g/mol. The lowest BCUT2D eigenvalue weighted by atomic mass is 9.86. The molecule has 0 saturated heterocycles. The first-order valence-corrected chi connectivity index (χ1v) is 8.22. The van der Waals surface area contributed by atoms with Crippen molar-refractivity contribution in [3.05, 3.63) is 0 Å². The molecule has 124 valence electrons. The smallest absolute Gasteiger partial charge is 0.303 e. The number of esters is 2. The maximum Gasteiger partial charge on any atom is 0.303 e. The van der Waals surface area contributed by atoms with Crippen LogP contribution in [0, 0.1) is 0 Å². The molecule has 0 aromatic carbocycles. The number of unbranched alkanes of at least 4 members (excludes halogenated alkanes) is 3. The number of hydrogen-bond donors (Lipinski definition) is 0. The fraction of sp³-hybridized carbons (Fsp3) is 0.882. The highest BCUT2D eigenvalue weighted by Crippen LogP contribution is 2.30. The van der Waals surface area contributed by atoms with E-state index in [1.54, 1.807) is 0 Å². The summed E-state index contributed by atoms with van der Waals surface area (Å²) in [4.78, 5) is 20.9. The molecule has 1 aliphatic carbocycles. The minimum atomic E-state index is -0.170. The van der Waals surface area contributed by atoms with Gasteiger partial charge in [0.2, 0.25) is 0 Å². The third-order valence-electron chi connectivity index (χ3n) is 3.60. The van der Waals surface area contributed by atoms with E-state index in [9.17, 15) is 9.59 Å². The third kappa shape index (κ3) is 12.4. The molecule has 0 amide bonds. The van der Waals surface area contributed by atoms with Crippen molar-refractivity contribution in [2.75, 3.05) is 6.61 Å². The highest BCUT2D eigenvalue weighted by atomic mass is 16.6. The molecule has 0 heterocycles. The molecule has 0 unspecified atom stereocenters. The van der Waals surface area contributed by atoms with E-state index in [-0.39, 0.29) is 17.5 Å². The minimum absolute atomic E-state index is 0.144. The zero-order valence-electron chi connectivity index (χ0n) is 14.2. The van der Waals surface area contributed by atoms with E-state index in [0.29, 0.717) is 6.61 Å². The summed E-state index contributed by atoms with van der Waals surface area (Å²) >= 11 is 0. The molecule has 0 spiro atoms. The van der Waals surface area contributed by atoms with E-state index in [4.69, 9.17) is 9.47 Å². The summed E-state index contributed by atoms with van der Waals surface area (Å²) in [5, 5.41) is 0. The van der Waals surface area contributed by atoms with Crippen molar-refractivity contribution < 1.29 is 19.1 Å². The maximum atomic E-state index is 10.7. The van der Waals surface area contributed by atoms with Gasteiger partial charge in [-0.05, 0) is 39.0 Å². The predicted molar refractivity (Wildman–Crippen MR) is 84.0 cm³/mol. The Morgan fingerprint density at radius 3 is 2.05 bits per heavy atom. The predicted octanol–water partition coefficient (Wildman–Crippen LogP) is 4.40. The summed E-state index contributed by atoms with van der Waals surface area (Å²) in [7, 11) is 0. The molecular weight excluding hydrogens is 268 g/mol. The average Bonchev–Trinajstić information content (AvgIpc) is 2.38. The van der Waals surface area contributed by atoms with E-state index < -0.39 is 0 Å². The van der Waals surface area contributed by atoms with Gasteiger partial charge in [-0.1, -0.05) is 32.6 Å². The molecule has 4 nitrogen and oxygen atoms in total. The Labute approximate surface area is 129 Å². The van der Waals surface area contributed by atoms with Crippen LogP contribution in [0.25, 0.3) is 0 Å². The van der Waals surface area contributed by atoms with E-state index in [2.05, 4.69) is 6.92 Å². The van der Waals surface area contributed by atoms with Gasteiger partial charge in [0.1, 0.15) is 5.60 Å². The molecule has 1 saturated carbocycles. The lowest BCUT2D eigenvalue weighted by Crippen LogP contribution is -2.32. The quantitative estimate of drug-likeness (QED) is 0.539. The van der Waals surface area contributed by atoms with E-state index in [1.165, 1.54) is 52.4 Å². The standard InChI is InChI=1S/C9H16O2.C8H16O2/c1-8(10)11-9(2)6-4-3-5-7-9;1-3-4-5-6-7-10-8(2)9/h3-7H2,1-2H3;3-7H2,1-2H3. The highest BCUT2D eigenvalue weighted by Gasteiger charge is 2.29. The Balaban J connectivity index is 0.000000384. The monoisotopic (exact) mass is 300 g/mol. The third-order valence-corrected chi connectivity index (χ3v) is 3.60. The Bertz CT molecular complexity index is 293. The molecular formula is C17H32O4. The van der Waals surface area contributed by atoms with Gasteiger partial charge in [-0.25, -0.2) is 0 Å². The van der Waals surface area contributed by atoms with Gasteiger partial charge in [-0.2, -0.15) is 0 Å². The zero-order valence-corrected chi connectivity index (χ0v) is 14.2. The Morgan fingerprint density at radius 1 is 0.952 bits per heavy atom. The molecule has 0 N–H and O–H groups in total. The molecule has 1 rings (SSSR count). The number of carbonyl (C=O) groups is 2. The van der Waals surface area contributed by atoms with Crippen molar-refractivity contribution in [2.24, 2.45) is 0 Å². The second-order valence-corrected chi connectivity index (χ2v) is 6.00. The van der Waals surface area contributed by atoms with Crippen LogP contribution in [0.4, 0.5) is 0 Å². The topological polar surface area (TPSA) is 52.6 Å². The Kier molecular flexibility index (Phi) is 11.0. The maximum absolute atomic E-state index is 10.7. The summed E-state index contributed by atoms with van der Waals surface area (Å²) in [5.74, 6) is -0.314. The summed E-state index contributed by atoms with van der Waals surface area (Å²) in [6.45, 7) is 7.72. The molecule has 1 aliphatic rings. The van der Waals surface area contributed by atoms with Crippen molar-refractivity contribution in [3.8, 4) is 0 Å². The molecule has 0 atom stereocenters. The molecule has 0 radical (unpaired) electrons. The lowest BCUT2D eigenvalue weighted by Gasteiger charge is -2.32. The fourth-order valence-electron chi connectivity index (χ4n) is 2.49. The van der Waals surface area contributed by atoms with Gasteiger partial charge in [-0.3, -0.25) is 9.59 Å². The highest BCUT2D eigenvalue weighted by molar-refractivity contribution is 5.66. The zero-order chi connectivity index (χ0) is 16.1. The second-order valence-electron chi connectivity index (χ2n) is 6.00. The van der Waals surface area contributed by atoms with Crippen molar-refractivity contribution >= 4 is 11.9 Å². The van der Waals surface area contributed by atoms with Gasteiger partial charge < -0.3 is 9.47 Å². The van der Waals surface area contributed by atoms with Gasteiger partial charge >= 0.3 is 11.9 Å². The van der Waals surface area contributed by atoms with Gasteiger partial charge in [0.15, 0.2) is 0 Å². The number of carbonyl (C=O) groups excluding carboxylic acids is 2. The van der Waals surface area contributed by atoms with Crippen LogP contribution in [0.15, 0.2) is 0 Å². The van der Waals surface area contributed by atoms with Gasteiger partial charge in [0.25, 0.3) is 0 Å². The van der Waals surface area contributed by atoms with Gasteiger partial charge in [-0.15, -0.1) is 0 Å². The van der Waals surface area contributed by atoms with Crippen LogP contribution in [-0.2, 0) is 19.1 Å². The molecule has 0 bridgehead atoms. The van der Waals surface area contributed by atoms with Crippen molar-refractivity contribution in [3.63, 3.8) is 0 Å².